The molecule has 3 bridgehead atoms. The molecule has 0 saturated carbocycles. The third kappa shape index (κ3) is 0.344. The standard InChI is InChI=1S/C6H2N2O2/c1-2-4-7-5-3(1)9-6(8-5)10-4/h1-2H. The highest BCUT2D eigenvalue weighted by molar-refractivity contribution is 5.70. The van der Waals surface area contributed by atoms with Crippen molar-refractivity contribution in [3.05, 3.63) is 12.1 Å². The molecule has 0 spiro atoms. The Labute approximate surface area is 55.5 Å². The highest BCUT2D eigenvalue weighted by atomic mass is 16.6. The lowest BCUT2D eigenvalue weighted by Crippen LogP contribution is -1.90. The second kappa shape index (κ2) is 1.13. The molecule has 0 aliphatic carbocycles. The first-order valence-corrected chi connectivity index (χ1v) is 2.87. The van der Waals surface area contributed by atoms with E-state index >= 15 is 0 Å². The van der Waals surface area contributed by atoms with E-state index in [0.29, 0.717) is 23.2 Å². The molecule has 10 heavy (non-hydrogen) atoms. The molecule has 0 saturated heterocycles. The Balaban J connectivity index is 2.71. The molecule has 0 radical (unpaired) electrons. The molecule has 0 N–H and O–H groups in total. The molecule has 0 amide bonds. The van der Waals surface area contributed by atoms with Crippen molar-refractivity contribution in [1.82, 2.24) is 9.97 Å². The summed E-state index contributed by atoms with van der Waals surface area (Å²) in [5, 5.41) is 0. The van der Waals surface area contributed by atoms with E-state index in [2.05, 4.69) is 9.97 Å². The van der Waals surface area contributed by atoms with Crippen molar-refractivity contribution >= 4 is 11.2 Å². The molecule has 0 unspecified atom stereocenters. The molecule has 3 rings (SSSR count). The molecule has 3 heterocycles. The van der Waals surface area contributed by atoms with Crippen molar-refractivity contribution in [3.63, 3.8) is 0 Å². The van der Waals surface area contributed by atoms with Crippen LogP contribution in [0.15, 0.2) is 16.5 Å². The summed E-state index contributed by atoms with van der Waals surface area (Å²) in [7, 11) is 0. The normalized spacial score (nSPS) is 12.8. The van der Waals surface area contributed by atoms with Crippen LogP contribution in [-0.4, -0.2) is 9.97 Å². The number of nitrogens with zero attached hydrogens (tertiary/aromatic N) is 2. The monoisotopic (exact) mass is 134 g/mol. The van der Waals surface area contributed by atoms with Crippen LogP contribution in [0.1, 0.15) is 0 Å². The maximum Gasteiger partial charge on any atom is 0.403 e. The average Bonchev–Trinajstić information content (AvgIpc) is 2.11. The summed E-state index contributed by atoms with van der Waals surface area (Å²) in [5.41, 5.74) is 1.30. The summed E-state index contributed by atoms with van der Waals surface area (Å²) >= 11 is 0. The van der Waals surface area contributed by atoms with E-state index in [0.717, 1.165) is 0 Å². The Kier molecular flexibility index (Phi) is 0.484. The molecule has 1 aliphatic heterocycles. The fourth-order valence-electron chi connectivity index (χ4n) is 0.971. The van der Waals surface area contributed by atoms with Crippen molar-refractivity contribution in [3.8, 4) is 12.0 Å². The zero-order chi connectivity index (χ0) is 6.55. The third-order valence-corrected chi connectivity index (χ3v) is 1.40. The fraction of sp³-hybridized carbons (Fsp3) is 0. The van der Waals surface area contributed by atoms with Crippen molar-refractivity contribution in [2.75, 3.05) is 0 Å². The molecule has 4 heteroatoms. The van der Waals surface area contributed by atoms with Crippen LogP contribution in [0, 0.1) is 0 Å². The maximum absolute atomic E-state index is 5.08. The minimum atomic E-state index is 0.292. The summed E-state index contributed by atoms with van der Waals surface area (Å²) in [6, 6.07) is 3.54. The van der Waals surface area contributed by atoms with Crippen LogP contribution >= 0.6 is 0 Å². The first-order chi connectivity index (χ1) is 4.92. The van der Waals surface area contributed by atoms with E-state index in [9.17, 15) is 0 Å². The van der Waals surface area contributed by atoms with Crippen molar-refractivity contribution < 1.29 is 9.15 Å². The van der Waals surface area contributed by atoms with Crippen LogP contribution in [-0.2, 0) is 0 Å². The Morgan fingerprint density at radius 2 is 2.20 bits per heavy atom. The summed E-state index contributed by atoms with van der Waals surface area (Å²) in [5.74, 6) is 0.557. The fourth-order valence-corrected chi connectivity index (χ4v) is 0.971. The zero-order valence-corrected chi connectivity index (χ0v) is 4.87. The van der Waals surface area contributed by atoms with Gasteiger partial charge in [0.1, 0.15) is 0 Å². The Morgan fingerprint density at radius 3 is 3.20 bits per heavy atom. The largest absolute Gasteiger partial charge is 0.407 e. The van der Waals surface area contributed by atoms with Crippen molar-refractivity contribution in [2.45, 2.75) is 0 Å². The van der Waals surface area contributed by atoms with Gasteiger partial charge in [0.25, 0.3) is 0 Å². The van der Waals surface area contributed by atoms with Gasteiger partial charge >= 0.3 is 6.08 Å². The van der Waals surface area contributed by atoms with Gasteiger partial charge in [-0.3, -0.25) is 0 Å². The van der Waals surface area contributed by atoms with E-state index in [1.807, 2.05) is 0 Å². The molecular weight excluding hydrogens is 132 g/mol. The number of aromatic nitrogens is 2. The lowest BCUT2D eigenvalue weighted by atomic mass is 10.4. The Hall–Kier alpha value is -1.58. The third-order valence-electron chi connectivity index (χ3n) is 1.40. The molecule has 48 valence electrons. The van der Waals surface area contributed by atoms with E-state index in [1.165, 1.54) is 0 Å². The molecule has 2 aromatic heterocycles. The second-order valence-electron chi connectivity index (χ2n) is 2.05. The Morgan fingerprint density at radius 1 is 1.20 bits per heavy atom. The summed E-state index contributed by atoms with van der Waals surface area (Å²) in [6.07, 6.45) is 0.292. The van der Waals surface area contributed by atoms with Gasteiger partial charge in [-0.15, -0.1) is 0 Å². The number of hydrogen-bond acceptors (Lipinski definition) is 4. The van der Waals surface area contributed by atoms with Gasteiger partial charge in [-0.1, -0.05) is 0 Å². The van der Waals surface area contributed by atoms with E-state index in [-0.39, 0.29) is 0 Å². The number of oxazole rings is 1. The van der Waals surface area contributed by atoms with Gasteiger partial charge in [0.15, 0.2) is 5.58 Å². The van der Waals surface area contributed by atoms with Gasteiger partial charge in [-0.05, 0) is 6.07 Å². The number of hydrogen-bond donors (Lipinski definition) is 0. The van der Waals surface area contributed by atoms with Crippen LogP contribution < -0.4 is 4.74 Å². The molecule has 1 aliphatic rings. The first kappa shape index (κ1) is 4.27. The predicted molar refractivity (Wildman–Crippen MR) is 31.9 cm³/mol. The highest BCUT2D eigenvalue weighted by Crippen LogP contribution is 2.29. The van der Waals surface area contributed by atoms with Gasteiger partial charge in [-0.2, -0.15) is 9.97 Å². The summed E-state index contributed by atoms with van der Waals surface area (Å²) in [6.45, 7) is 0. The lowest BCUT2D eigenvalue weighted by molar-refractivity contribution is 0.335. The van der Waals surface area contributed by atoms with Gasteiger partial charge in [-0.25, -0.2) is 0 Å². The number of rotatable bonds is 0. The highest BCUT2D eigenvalue weighted by Gasteiger charge is 2.15. The maximum atomic E-state index is 5.08. The zero-order valence-electron chi connectivity index (χ0n) is 4.87. The van der Waals surface area contributed by atoms with Crippen LogP contribution in [0.2, 0.25) is 0 Å². The topological polar surface area (TPSA) is 48.2 Å². The van der Waals surface area contributed by atoms with Crippen molar-refractivity contribution in [2.24, 2.45) is 0 Å². The Bertz CT molecular complexity index is 394. The molecule has 2 aromatic rings. The predicted octanol–water partition coefficient (Wildman–Crippen LogP) is 1.33. The summed E-state index contributed by atoms with van der Waals surface area (Å²) < 4.78 is 10.1. The van der Waals surface area contributed by atoms with Crippen LogP contribution in [0.5, 0.6) is 12.0 Å². The van der Waals surface area contributed by atoms with Gasteiger partial charge < -0.3 is 9.15 Å². The number of ether oxygens (including phenoxy) is 1. The van der Waals surface area contributed by atoms with Crippen molar-refractivity contribution in [1.29, 1.82) is 0 Å². The minimum absolute atomic E-state index is 0.292. The first-order valence-electron chi connectivity index (χ1n) is 2.87. The van der Waals surface area contributed by atoms with Crippen LogP contribution in [0.25, 0.3) is 11.2 Å². The quantitative estimate of drug-likeness (QED) is 0.465. The molecule has 0 aromatic carbocycles. The lowest BCUT2D eigenvalue weighted by Gasteiger charge is -1.97. The van der Waals surface area contributed by atoms with E-state index in [4.69, 9.17) is 9.15 Å². The molecule has 0 atom stereocenters. The van der Waals surface area contributed by atoms with Crippen LogP contribution in [0.3, 0.4) is 0 Å². The number of pyridine rings is 1. The minimum Gasteiger partial charge on any atom is -0.407 e. The van der Waals surface area contributed by atoms with Gasteiger partial charge in [0.05, 0.1) is 0 Å². The van der Waals surface area contributed by atoms with Crippen LogP contribution in [0.4, 0.5) is 0 Å². The summed E-state index contributed by atoms with van der Waals surface area (Å²) in [4.78, 5) is 7.87. The second-order valence-corrected chi connectivity index (χ2v) is 2.05. The van der Waals surface area contributed by atoms with E-state index in [1.54, 1.807) is 12.1 Å². The smallest absolute Gasteiger partial charge is 0.403 e. The molecule has 0 fully saturated rings. The van der Waals surface area contributed by atoms with Gasteiger partial charge in [0.2, 0.25) is 11.5 Å². The van der Waals surface area contributed by atoms with E-state index < -0.39 is 0 Å². The molecular formula is C6H2N2O2. The average molecular weight is 134 g/mol. The SMILES string of the molecule is c1cc2oc3nc2nc1O3. The van der Waals surface area contributed by atoms with Gasteiger partial charge in [0, 0.05) is 6.07 Å². The number of fused-ring (bicyclic) bond motifs is 2. The molecule has 4 nitrogen and oxygen atoms in total.